The van der Waals surface area contributed by atoms with E-state index in [9.17, 15) is 19.9 Å². The first kappa shape index (κ1) is 24.2. The Kier molecular flexibility index (Phi) is 7.31. The van der Waals surface area contributed by atoms with Crippen molar-refractivity contribution in [2.45, 2.75) is 37.8 Å². The zero-order valence-electron chi connectivity index (χ0n) is 19.2. The topological polar surface area (TPSA) is 140 Å². The molecule has 0 aliphatic carbocycles. The molecule has 11 heteroatoms. The Balaban J connectivity index is 1.52. The normalized spacial score (nSPS) is 23.4. The lowest BCUT2D eigenvalue weighted by molar-refractivity contribution is -0.168. The molecule has 11 nitrogen and oxygen atoms in total. The van der Waals surface area contributed by atoms with Gasteiger partial charge >= 0.3 is 5.97 Å². The van der Waals surface area contributed by atoms with E-state index in [-0.39, 0.29) is 30.9 Å². The minimum absolute atomic E-state index is 0.0301. The maximum atomic E-state index is 13.0. The Hall–Kier alpha value is -3.92. The van der Waals surface area contributed by atoms with Crippen molar-refractivity contribution in [3.05, 3.63) is 75.7 Å². The van der Waals surface area contributed by atoms with E-state index in [1.807, 2.05) is 24.3 Å². The molecule has 4 rings (SSSR count). The molecule has 1 fully saturated rings. The number of carbonyl (C=O) groups is 3. The largest absolute Gasteiger partial charge is 0.497 e. The molecule has 1 saturated heterocycles. The predicted octanol–water partition coefficient (Wildman–Crippen LogP) is 2.89. The van der Waals surface area contributed by atoms with Crippen LogP contribution in [0.4, 0.5) is 0 Å². The molecular formula is C24H24N4O7. The van der Waals surface area contributed by atoms with Crippen molar-refractivity contribution in [1.82, 2.24) is 4.90 Å². The van der Waals surface area contributed by atoms with E-state index in [2.05, 4.69) is 10.0 Å². The second kappa shape index (κ2) is 10.6. The van der Waals surface area contributed by atoms with Gasteiger partial charge in [0.05, 0.1) is 44.2 Å². The first-order chi connectivity index (χ1) is 16.9. The minimum atomic E-state index is -1.10. The van der Waals surface area contributed by atoms with Crippen molar-refractivity contribution in [1.29, 1.82) is 0 Å². The number of rotatable bonds is 8. The van der Waals surface area contributed by atoms with E-state index in [4.69, 9.17) is 18.9 Å². The van der Waals surface area contributed by atoms with Gasteiger partial charge < -0.3 is 18.9 Å². The lowest BCUT2D eigenvalue weighted by Crippen LogP contribution is -2.61. The van der Waals surface area contributed by atoms with Gasteiger partial charge in [0, 0.05) is 11.8 Å². The molecule has 2 amide bonds. The van der Waals surface area contributed by atoms with E-state index >= 15 is 0 Å². The Morgan fingerprint density at radius 1 is 1.14 bits per heavy atom. The Morgan fingerprint density at radius 3 is 2.37 bits per heavy atom. The van der Waals surface area contributed by atoms with Gasteiger partial charge in [-0.15, -0.1) is 0 Å². The molecule has 2 aliphatic rings. The molecule has 2 aliphatic heterocycles. The van der Waals surface area contributed by atoms with Crippen LogP contribution in [0, 0.1) is 0 Å². The summed E-state index contributed by atoms with van der Waals surface area (Å²) in [6, 6.07) is 11.8. The maximum Gasteiger partial charge on any atom is 0.302 e. The van der Waals surface area contributed by atoms with Gasteiger partial charge in [0.2, 0.25) is 0 Å². The maximum absolute atomic E-state index is 13.0. The monoisotopic (exact) mass is 480 g/mol. The van der Waals surface area contributed by atoms with E-state index in [1.54, 1.807) is 31.4 Å². The van der Waals surface area contributed by atoms with Crippen LogP contribution in [0.5, 0.6) is 5.75 Å². The Morgan fingerprint density at radius 2 is 1.80 bits per heavy atom. The van der Waals surface area contributed by atoms with Crippen LogP contribution in [-0.4, -0.2) is 67.3 Å². The van der Waals surface area contributed by atoms with Gasteiger partial charge in [0.1, 0.15) is 23.9 Å². The number of ether oxygens (including phenoxy) is 4. The molecule has 2 unspecified atom stereocenters. The summed E-state index contributed by atoms with van der Waals surface area (Å²) in [5, 5.41) is 3.80. The number of nitrogens with zero attached hydrogens (tertiary/aromatic N) is 4. The number of esters is 1. The fourth-order valence-corrected chi connectivity index (χ4v) is 4.29. The molecule has 2 heterocycles. The predicted molar refractivity (Wildman–Crippen MR) is 122 cm³/mol. The smallest absolute Gasteiger partial charge is 0.302 e. The highest BCUT2D eigenvalue weighted by Gasteiger charge is 2.50. The van der Waals surface area contributed by atoms with Crippen LogP contribution in [0.1, 0.15) is 33.2 Å². The van der Waals surface area contributed by atoms with E-state index in [1.165, 1.54) is 6.92 Å². The highest BCUT2D eigenvalue weighted by molar-refractivity contribution is 6.21. The fraction of sp³-hybridized carbons (Fsp3) is 0.375. The summed E-state index contributed by atoms with van der Waals surface area (Å²) < 4.78 is 22.3. The molecule has 35 heavy (non-hydrogen) atoms. The summed E-state index contributed by atoms with van der Waals surface area (Å²) in [5.74, 6) is -0.971. The van der Waals surface area contributed by atoms with E-state index < -0.39 is 42.1 Å². The van der Waals surface area contributed by atoms with Crippen molar-refractivity contribution >= 4 is 17.8 Å². The van der Waals surface area contributed by atoms with Gasteiger partial charge in [-0.2, -0.15) is 0 Å². The molecular weight excluding hydrogens is 456 g/mol. The zero-order valence-corrected chi connectivity index (χ0v) is 19.2. The summed E-state index contributed by atoms with van der Waals surface area (Å²) in [6.45, 7) is 1.38. The Bertz CT molecular complexity index is 1130. The van der Waals surface area contributed by atoms with Gasteiger partial charge in [0.15, 0.2) is 0 Å². The van der Waals surface area contributed by atoms with E-state index in [0.717, 1.165) is 16.2 Å². The number of azide groups is 1. The second-order valence-electron chi connectivity index (χ2n) is 8.10. The number of amides is 2. The molecule has 0 N–H and O–H groups in total. The van der Waals surface area contributed by atoms with Crippen LogP contribution in [0.2, 0.25) is 0 Å². The van der Waals surface area contributed by atoms with Crippen molar-refractivity contribution in [3.63, 3.8) is 0 Å². The summed E-state index contributed by atoms with van der Waals surface area (Å²) in [6.07, 6.45) is -1.87. The molecule has 2 aromatic rings. The van der Waals surface area contributed by atoms with Crippen LogP contribution >= 0.6 is 0 Å². The average molecular weight is 480 g/mol. The van der Waals surface area contributed by atoms with Crippen molar-refractivity contribution < 1.29 is 33.3 Å². The van der Waals surface area contributed by atoms with Crippen LogP contribution in [-0.2, 0) is 25.6 Å². The van der Waals surface area contributed by atoms with Gasteiger partial charge in [-0.1, -0.05) is 29.4 Å². The van der Waals surface area contributed by atoms with Gasteiger partial charge in [-0.05, 0) is 35.4 Å². The zero-order chi connectivity index (χ0) is 24.9. The molecule has 4 atom stereocenters. The summed E-state index contributed by atoms with van der Waals surface area (Å²) in [4.78, 5) is 41.9. The number of carbonyl (C=O) groups excluding carboxylic acids is 3. The van der Waals surface area contributed by atoms with Crippen molar-refractivity contribution in [2.24, 2.45) is 5.11 Å². The third-order valence-corrected chi connectivity index (χ3v) is 5.93. The second-order valence-corrected chi connectivity index (χ2v) is 8.10. The molecule has 0 spiro atoms. The number of methoxy groups -OCH3 is 1. The van der Waals surface area contributed by atoms with Crippen LogP contribution in [0.25, 0.3) is 10.4 Å². The van der Waals surface area contributed by atoms with Gasteiger partial charge in [-0.25, -0.2) is 0 Å². The average Bonchev–Trinajstić information content (AvgIpc) is 3.11. The SMILES string of the molecule is COc1ccc(COCC2OCC(N3C(=O)c4ccccc4C3=O)[C@@H](OC(C)=O)[C@H]2N=[N+]=[N-])cc1. The number of fused-ring (bicyclic) bond motifs is 1. The number of imide groups is 1. The molecule has 0 bridgehead atoms. The van der Waals surface area contributed by atoms with Crippen LogP contribution in [0.15, 0.2) is 53.6 Å². The van der Waals surface area contributed by atoms with Crippen LogP contribution < -0.4 is 4.74 Å². The fourth-order valence-electron chi connectivity index (χ4n) is 4.29. The molecule has 0 radical (unpaired) electrons. The lowest BCUT2D eigenvalue weighted by Gasteiger charge is -2.42. The van der Waals surface area contributed by atoms with Gasteiger partial charge in [-0.3, -0.25) is 19.3 Å². The molecule has 0 aromatic heterocycles. The molecule has 0 saturated carbocycles. The quantitative estimate of drug-likeness (QED) is 0.186. The molecule has 2 aromatic carbocycles. The number of hydrogen-bond donors (Lipinski definition) is 0. The standard InChI is InChI=1S/C24H24N4O7/c1-14(29)35-22-19(28-23(30)17-5-3-4-6-18(17)24(28)31)12-34-20(21(22)26-27-25)13-33-11-15-7-9-16(32-2)10-8-15/h3-10,19-22H,11-13H2,1-2H3/t19?,20?,21-,22+/m0/s1. The highest BCUT2D eigenvalue weighted by Crippen LogP contribution is 2.32. The number of benzene rings is 2. The highest BCUT2D eigenvalue weighted by atomic mass is 16.6. The third kappa shape index (κ3) is 4.97. The summed E-state index contributed by atoms with van der Waals surface area (Å²) in [5.41, 5.74) is 10.6. The van der Waals surface area contributed by atoms with E-state index in [0.29, 0.717) is 0 Å². The van der Waals surface area contributed by atoms with Gasteiger partial charge in [0.25, 0.3) is 11.8 Å². The van der Waals surface area contributed by atoms with Crippen molar-refractivity contribution in [3.8, 4) is 5.75 Å². The lowest BCUT2D eigenvalue weighted by atomic mass is 9.94. The Labute approximate surface area is 201 Å². The number of hydrogen-bond acceptors (Lipinski definition) is 8. The van der Waals surface area contributed by atoms with Crippen LogP contribution in [0.3, 0.4) is 0 Å². The van der Waals surface area contributed by atoms with Crippen molar-refractivity contribution in [2.75, 3.05) is 20.3 Å². The summed E-state index contributed by atoms with van der Waals surface area (Å²) >= 11 is 0. The first-order valence-corrected chi connectivity index (χ1v) is 10.9. The molecule has 182 valence electrons. The summed E-state index contributed by atoms with van der Waals surface area (Å²) in [7, 11) is 1.58. The first-order valence-electron chi connectivity index (χ1n) is 10.9. The third-order valence-electron chi connectivity index (χ3n) is 5.93. The minimum Gasteiger partial charge on any atom is -0.497 e.